The molecule has 2 atom stereocenters. The molecule has 26 heavy (non-hydrogen) atoms. The van der Waals surface area contributed by atoms with Crippen LogP contribution < -0.4 is 16.9 Å². The molecule has 0 aliphatic carbocycles. The Morgan fingerprint density at radius 1 is 1.42 bits per heavy atom. The molecule has 0 saturated heterocycles. The van der Waals surface area contributed by atoms with Crippen LogP contribution in [-0.4, -0.2) is 41.8 Å². The summed E-state index contributed by atoms with van der Waals surface area (Å²) in [5.74, 6) is 6.40. The standard InChI is InChI=1S/C18H34BrN5O2/c1-14(25)11-17(23-9-8-22-5)26-16(15(19)12-20)7-6-10-24(21)13-18(2,3)4/h6,8-10,12,14,16,22,25H,7,11,13,20-21H2,1-5H3/b9-8-,10-6+,15-12-,23-17?. The molecule has 0 aromatic heterocycles. The number of hydrogen-bond donors (Lipinski definition) is 4. The summed E-state index contributed by atoms with van der Waals surface area (Å²) in [6, 6.07) is 0. The fraction of sp³-hybridized carbons (Fsp3) is 0.611. The quantitative estimate of drug-likeness (QED) is 0.183. The van der Waals surface area contributed by atoms with E-state index in [1.165, 1.54) is 6.20 Å². The number of hydrazine groups is 1. The zero-order valence-electron chi connectivity index (χ0n) is 16.4. The number of rotatable bonds is 10. The Balaban J connectivity index is 5.06. The van der Waals surface area contributed by atoms with Crippen LogP contribution in [0.25, 0.3) is 0 Å². The van der Waals surface area contributed by atoms with Crippen molar-refractivity contribution in [2.24, 2.45) is 22.0 Å². The van der Waals surface area contributed by atoms with Crippen LogP contribution >= 0.6 is 15.9 Å². The van der Waals surface area contributed by atoms with E-state index in [1.54, 1.807) is 31.4 Å². The van der Waals surface area contributed by atoms with Crippen LogP contribution in [0.2, 0.25) is 0 Å². The van der Waals surface area contributed by atoms with E-state index in [-0.39, 0.29) is 11.5 Å². The van der Waals surface area contributed by atoms with E-state index in [9.17, 15) is 5.11 Å². The van der Waals surface area contributed by atoms with Gasteiger partial charge in [0, 0.05) is 51.2 Å². The van der Waals surface area contributed by atoms with Crippen molar-refractivity contribution in [3.63, 3.8) is 0 Å². The fourth-order valence-corrected chi connectivity index (χ4v) is 2.27. The highest BCUT2D eigenvalue weighted by Gasteiger charge is 2.17. The van der Waals surface area contributed by atoms with Crippen molar-refractivity contribution in [3.8, 4) is 0 Å². The zero-order valence-corrected chi connectivity index (χ0v) is 18.0. The highest BCUT2D eigenvalue weighted by Crippen LogP contribution is 2.19. The number of nitrogens with zero attached hydrogens (tertiary/aromatic N) is 2. The SMILES string of the molecule is CN/C=C\N=C(CC(C)O)OC(C/C=C/N(N)CC(C)(C)C)/C(Br)=C/N. The van der Waals surface area contributed by atoms with E-state index in [0.29, 0.717) is 23.2 Å². The lowest BCUT2D eigenvalue weighted by Crippen LogP contribution is -2.33. The van der Waals surface area contributed by atoms with Crippen LogP contribution in [-0.2, 0) is 4.74 Å². The number of ether oxygens (including phenoxy) is 1. The van der Waals surface area contributed by atoms with Gasteiger partial charge in [-0.1, -0.05) is 26.8 Å². The summed E-state index contributed by atoms with van der Waals surface area (Å²) in [5.41, 5.74) is 5.73. The number of nitrogens with two attached hydrogens (primary N) is 2. The molecule has 0 amide bonds. The maximum atomic E-state index is 9.66. The molecule has 0 radical (unpaired) electrons. The molecule has 0 saturated carbocycles. The third-order valence-electron chi connectivity index (χ3n) is 2.98. The Hall–Kier alpha value is -1.51. The van der Waals surface area contributed by atoms with E-state index in [0.717, 1.165) is 6.54 Å². The van der Waals surface area contributed by atoms with Gasteiger partial charge in [0.05, 0.1) is 10.6 Å². The summed E-state index contributed by atoms with van der Waals surface area (Å²) in [5, 5.41) is 14.2. The first-order chi connectivity index (χ1) is 12.1. The molecule has 0 fully saturated rings. The van der Waals surface area contributed by atoms with Crippen LogP contribution in [0.5, 0.6) is 0 Å². The Morgan fingerprint density at radius 3 is 2.58 bits per heavy atom. The first-order valence-corrected chi connectivity index (χ1v) is 9.37. The minimum absolute atomic E-state index is 0.101. The Bertz CT molecular complexity index is 510. The molecule has 0 aromatic rings. The van der Waals surface area contributed by atoms with Crippen molar-refractivity contribution in [1.29, 1.82) is 0 Å². The number of nitrogens with one attached hydrogen (secondary N) is 1. The lowest BCUT2D eigenvalue weighted by atomic mass is 9.97. The van der Waals surface area contributed by atoms with Crippen LogP contribution in [0.1, 0.15) is 40.5 Å². The Labute approximate surface area is 166 Å². The van der Waals surface area contributed by atoms with E-state index in [2.05, 4.69) is 47.0 Å². The lowest BCUT2D eigenvalue weighted by Gasteiger charge is -2.25. The maximum absolute atomic E-state index is 9.66. The van der Waals surface area contributed by atoms with Gasteiger partial charge in [0.15, 0.2) is 5.90 Å². The first-order valence-electron chi connectivity index (χ1n) is 8.58. The Morgan fingerprint density at radius 2 is 2.08 bits per heavy atom. The molecule has 7 nitrogen and oxygen atoms in total. The van der Waals surface area contributed by atoms with E-state index < -0.39 is 6.10 Å². The van der Waals surface area contributed by atoms with E-state index in [1.807, 2.05) is 12.3 Å². The number of hydrogen-bond acceptors (Lipinski definition) is 7. The smallest absolute Gasteiger partial charge is 0.191 e. The predicted molar refractivity (Wildman–Crippen MR) is 112 cm³/mol. The monoisotopic (exact) mass is 431 g/mol. The van der Waals surface area contributed by atoms with Gasteiger partial charge in [0.2, 0.25) is 0 Å². The van der Waals surface area contributed by atoms with Gasteiger partial charge in [-0.3, -0.25) is 0 Å². The third-order valence-corrected chi connectivity index (χ3v) is 3.75. The summed E-state index contributed by atoms with van der Waals surface area (Å²) < 4.78 is 6.64. The van der Waals surface area contributed by atoms with Crippen LogP contribution in [0.15, 0.2) is 40.4 Å². The average molecular weight is 432 g/mol. The molecular weight excluding hydrogens is 398 g/mol. The molecule has 0 bridgehead atoms. The summed E-state index contributed by atoms with van der Waals surface area (Å²) in [6.45, 7) is 8.78. The molecular formula is C18H34BrN5O2. The second kappa shape index (κ2) is 12.8. The molecule has 0 aromatic carbocycles. The molecule has 8 heteroatoms. The topological polar surface area (TPSA) is 109 Å². The van der Waals surface area contributed by atoms with Gasteiger partial charge in [-0.15, -0.1) is 0 Å². The van der Waals surface area contributed by atoms with Gasteiger partial charge in [-0.25, -0.2) is 10.8 Å². The summed E-state index contributed by atoms with van der Waals surface area (Å²) in [7, 11) is 1.78. The highest BCUT2D eigenvalue weighted by molar-refractivity contribution is 9.11. The van der Waals surface area contributed by atoms with Gasteiger partial charge >= 0.3 is 0 Å². The predicted octanol–water partition coefficient (Wildman–Crippen LogP) is 2.55. The number of aliphatic imine (C=N–C) groups is 1. The normalized spacial score (nSPS) is 16.2. The minimum Gasteiger partial charge on any atom is -0.472 e. The van der Waals surface area contributed by atoms with Crippen LogP contribution in [0, 0.1) is 5.41 Å². The highest BCUT2D eigenvalue weighted by atomic mass is 79.9. The largest absolute Gasteiger partial charge is 0.472 e. The van der Waals surface area contributed by atoms with E-state index in [4.69, 9.17) is 16.3 Å². The summed E-state index contributed by atoms with van der Waals surface area (Å²) >= 11 is 3.42. The van der Waals surface area contributed by atoms with Gasteiger partial charge < -0.3 is 25.9 Å². The maximum Gasteiger partial charge on any atom is 0.191 e. The average Bonchev–Trinajstić information content (AvgIpc) is 2.50. The van der Waals surface area contributed by atoms with Crippen molar-refractivity contribution >= 4 is 21.8 Å². The third kappa shape index (κ3) is 12.8. The fourth-order valence-electron chi connectivity index (χ4n) is 1.99. The van der Waals surface area contributed by atoms with Crippen molar-refractivity contribution in [2.45, 2.75) is 52.7 Å². The van der Waals surface area contributed by atoms with Crippen molar-refractivity contribution in [2.75, 3.05) is 13.6 Å². The Kier molecular flexibility index (Phi) is 12.0. The molecule has 0 spiro atoms. The zero-order chi connectivity index (χ0) is 20.2. The molecule has 0 aliphatic heterocycles. The molecule has 0 heterocycles. The minimum atomic E-state index is -0.570. The number of halogens is 1. The van der Waals surface area contributed by atoms with Gasteiger partial charge in [0.1, 0.15) is 6.10 Å². The van der Waals surface area contributed by atoms with Gasteiger partial charge in [-0.05, 0) is 28.3 Å². The molecule has 6 N–H and O–H groups in total. The molecule has 2 unspecified atom stereocenters. The van der Waals surface area contributed by atoms with Gasteiger partial charge in [0.25, 0.3) is 0 Å². The summed E-state index contributed by atoms with van der Waals surface area (Å²) in [6.07, 6.45) is 8.35. The second-order valence-electron chi connectivity index (χ2n) is 7.19. The van der Waals surface area contributed by atoms with Crippen molar-refractivity contribution < 1.29 is 9.84 Å². The second-order valence-corrected chi connectivity index (χ2v) is 8.11. The molecule has 0 aliphatic rings. The lowest BCUT2D eigenvalue weighted by molar-refractivity contribution is 0.175. The van der Waals surface area contributed by atoms with E-state index >= 15 is 0 Å². The first kappa shape index (κ1) is 24.5. The number of aliphatic hydroxyl groups is 1. The number of aliphatic hydroxyl groups excluding tert-OH is 1. The van der Waals surface area contributed by atoms with Crippen molar-refractivity contribution in [1.82, 2.24) is 10.3 Å². The summed E-state index contributed by atoms with van der Waals surface area (Å²) in [4.78, 5) is 4.25. The molecule has 150 valence electrons. The van der Waals surface area contributed by atoms with Crippen LogP contribution in [0.4, 0.5) is 0 Å². The van der Waals surface area contributed by atoms with Gasteiger partial charge in [-0.2, -0.15) is 0 Å². The van der Waals surface area contributed by atoms with Crippen LogP contribution in [0.3, 0.4) is 0 Å². The van der Waals surface area contributed by atoms with Crippen molar-refractivity contribution in [3.05, 3.63) is 35.4 Å². The molecule has 0 rings (SSSR count).